The second kappa shape index (κ2) is 8.73. The van der Waals surface area contributed by atoms with E-state index in [2.05, 4.69) is 64.5 Å². The zero-order valence-corrected chi connectivity index (χ0v) is 21.6. The average molecular weight is 485 g/mol. The Balaban J connectivity index is 1.50. The maximum absolute atomic E-state index is 12.8. The third-order valence-electron chi connectivity index (χ3n) is 8.31. The van der Waals surface area contributed by atoms with Crippen LogP contribution in [0, 0.1) is 0 Å². The first-order chi connectivity index (χ1) is 17.3. The highest BCUT2D eigenvalue weighted by Crippen LogP contribution is 2.43. The number of aromatic nitrogens is 4. The molecule has 1 unspecified atom stereocenters. The van der Waals surface area contributed by atoms with Crippen molar-refractivity contribution < 1.29 is 4.79 Å². The van der Waals surface area contributed by atoms with Crippen molar-refractivity contribution in [2.75, 3.05) is 6.54 Å². The monoisotopic (exact) mass is 484 g/mol. The van der Waals surface area contributed by atoms with Gasteiger partial charge in [-0.25, -0.2) is 9.97 Å². The molecule has 0 radical (unpaired) electrons. The number of nitrogens with two attached hydrogens (primary N) is 1. The zero-order valence-electron chi connectivity index (χ0n) is 21.6. The first kappa shape index (κ1) is 23.2. The molecule has 2 aliphatic rings. The molecule has 1 saturated heterocycles. The maximum Gasteiger partial charge on any atom is 0.251 e. The van der Waals surface area contributed by atoms with Gasteiger partial charge in [0.05, 0.1) is 40.3 Å². The van der Waals surface area contributed by atoms with Crippen molar-refractivity contribution in [1.82, 2.24) is 24.4 Å². The lowest BCUT2D eigenvalue weighted by Gasteiger charge is -2.38. The number of rotatable bonds is 4. The lowest BCUT2D eigenvalue weighted by molar-refractivity contribution is 0.0987. The Morgan fingerprint density at radius 3 is 2.61 bits per heavy atom. The van der Waals surface area contributed by atoms with Gasteiger partial charge < -0.3 is 15.3 Å². The molecular formula is C29H36N6O. The van der Waals surface area contributed by atoms with Crippen molar-refractivity contribution in [2.24, 2.45) is 5.73 Å². The number of primary amides is 1. The van der Waals surface area contributed by atoms with Crippen molar-refractivity contribution in [3.05, 3.63) is 48.0 Å². The molecule has 3 N–H and O–H groups in total. The Bertz CT molecular complexity index is 1440. The highest BCUT2D eigenvalue weighted by molar-refractivity contribution is 6.09. The third-order valence-corrected chi connectivity index (χ3v) is 8.31. The molecule has 0 spiro atoms. The van der Waals surface area contributed by atoms with E-state index in [4.69, 9.17) is 10.7 Å². The quantitative estimate of drug-likeness (QED) is 0.365. The molecule has 36 heavy (non-hydrogen) atoms. The van der Waals surface area contributed by atoms with Crippen LogP contribution in [0.25, 0.3) is 33.2 Å². The van der Waals surface area contributed by atoms with Gasteiger partial charge >= 0.3 is 0 Å². The first-order valence-electron chi connectivity index (χ1n) is 13.4. The molecule has 188 valence electrons. The Morgan fingerprint density at radius 2 is 1.86 bits per heavy atom. The Hall–Kier alpha value is -3.19. The van der Waals surface area contributed by atoms with Gasteiger partial charge in [0.25, 0.3) is 5.91 Å². The minimum atomic E-state index is -0.409. The summed E-state index contributed by atoms with van der Waals surface area (Å²) in [4.78, 5) is 27.9. The van der Waals surface area contributed by atoms with Crippen molar-refractivity contribution >= 4 is 28.0 Å². The van der Waals surface area contributed by atoms with E-state index in [1.807, 2.05) is 6.33 Å². The molecule has 1 aliphatic heterocycles. The fourth-order valence-electron chi connectivity index (χ4n) is 6.62. The Kier molecular flexibility index (Phi) is 5.63. The number of amides is 1. The molecule has 0 bridgehead atoms. The van der Waals surface area contributed by atoms with Crippen LogP contribution in [0.5, 0.6) is 0 Å². The van der Waals surface area contributed by atoms with Crippen LogP contribution in [0.1, 0.15) is 93.7 Å². The maximum atomic E-state index is 12.8. The van der Waals surface area contributed by atoms with Crippen LogP contribution in [-0.4, -0.2) is 42.4 Å². The summed E-state index contributed by atoms with van der Waals surface area (Å²) in [6, 6.07) is 9.38. The number of nitrogens with one attached hydrogen (secondary N) is 1. The van der Waals surface area contributed by atoms with E-state index >= 15 is 0 Å². The molecule has 7 nitrogen and oxygen atoms in total. The van der Waals surface area contributed by atoms with E-state index in [1.54, 1.807) is 6.33 Å². The molecular weight excluding hydrogens is 448 g/mol. The van der Waals surface area contributed by atoms with Crippen LogP contribution in [0.2, 0.25) is 0 Å². The number of hydrogen-bond acceptors (Lipinski definition) is 4. The van der Waals surface area contributed by atoms with Crippen molar-refractivity contribution in [3.8, 4) is 11.1 Å². The first-order valence-corrected chi connectivity index (χ1v) is 13.4. The summed E-state index contributed by atoms with van der Waals surface area (Å²) in [5, 5.41) is 0. The summed E-state index contributed by atoms with van der Waals surface area (Å²) in [6.45, 7) is 7.72. The third kappa shape index (κ3) is 3.81. The van der Waals surface area contributed by atoms with Gasteiger partial charge in [0.2, 0.25) is 0 Å². The van der Waals surface area contributed by atoms with Crippen molar-refractivity contribution in [3.63, 3.8) is 0 Å². The lowest BCUT2D eigenvalue weighted by Crippen LogP contribution is -2.41. The molecule has 3 heterocycles. The minimum Gasteiger partial charge on any atom is -0.366 e. The van der Waals surface area contributed by atoms with Gasteiger partial charge in [0.1, 0.15) is 0 Å². The van der Waals surface area contributed by atoms with Gasteiger partial charge in [-0.1, -0.05) is 25.3 Å². The van der Waals surface area contributed by atoms with E-state index in [-0.39, 0.29) is 11.6 Å². The molecule has 1 atom stereocenters. The molecule has 1 aliphatic carbocycles. The number of fused-ring (bicyclic) bond motifs is 2. The average Bonchev–Trinajstić information content (AvgIpc) is 3.62. The highest BCUT2D eigenvalue weighted by Gasteiger charge is 2.36. The predicted octanol–water partition coefficient (Wildman–Crippen LogP) is 6.12. The van der Waals surface area contributed by atoms with Crippen LogP contribution < -0.4 is 5.73 Å². The number of carbonyl (C=O) groups excluding carboxylic acids is 1. The number of H-pyrrole nitrogens is 1. The molecule has 2 fully saturated rings. The smallest absolute Gasteiger partial charge is 0.251 e. The number of hydrogen-bond donors (Lipinski definition) is 2. The molecule has 6 rings (SSSR count). The van der Waals surface area contributed by atoms with Crippen molar-refractivity contribution in [2.45, 2.75) is 83.3 Å². The number of nitrogens with zero attached hydrogens (tertiary/aromatic N) is 4. The lowest BCUT2D eigenvalue weighted by atomic mass is 9.90. The highest BCUT2D eigenvalue weighted by atomic mass is 16.1. The summed E-state index contributed by atoms with van der Waals surface area (Å²) in [5.74, 6) is -0.409. The molecule has 2 aromatic heterocycles. The second-order valence-electron chi connectivity index (χ2n) is 11.5. The molecule has 1 amide bonds. The zero-order chi connectivity index (χ0) is 25.0. The summed E-state index contributed by atoms with van der Waals surface area (Å²) in [6.07, 6.45) is 12.2. The van der Waals surface area contributed by atoms with Crippen LogP contribution in [0.15, 0.2) is 36.9 Å². The van der Waals surface area contributed by atoms with Crippen LogP contribution >= 0.6 is 0 Å². The fourth-order valence-corrected chi connectivity index (χ4v) is 6.62. The Morgan fingerprint density at radius 1 is 1.06 bits per heavy atom. The van der Waals surface area contributed by atoms with E-state index in [0.717, 1.165) is 52.6 Å². The summed E-state index contributed by atoms with van der Waals surface area (Å²) < 4.78 is 2.36. The number of benzene rings is 2. The number of carbonyl (C=O) groups is 1. The van der Waals surface area contributed by atoms with Gasteiger partial charge in [0.15, 0.2) is 0 Å². The minimum absolute atomic E-state index is 0.00987. The van der Waals surface area contributed by atoms with Gasteiger partial charge in [0, 0.05) is 23.2 Å². The van der Waals surface area contributed by atoms with E-state index in [9.17, 15) is 4.79 Å². The Labute approximate surface area is 212 Å². The summed E-state index contributed by atoms with van der Waals surface area (Å²) >= 11 is 0. The van der Waals surface area contributed by atoms with Gasteiger partial charge in [-0.3, -0.25) is 9.69 Å². The van der Waals surface area contributed by atoms with E-state index in [1.165, 1.54) is 37.6 Å². The van der Waals surface area contributed by atoms with Crippen LogP contribution in [0.4, 0.5) is 0 Å². The molecule has 2 aromatic carbocycles. The van der Waals surface area contributed by atoms with E-state index in [0.29, 0.717) is 11.6 Å². The number of likely N-dealkylation sites (tertiary alicyclic amines) is 1. The van der Waals surface area contributed by atoms with E-state index < -0.39 is 5.91 Å². The standard InChI is InChI=1S/C29H36N6O/c1-29(2,3)35-13-7-10-23(35)21-15-20(26-27(32-16-31-26)25(21)28(30)36)18-11-12-24-22(14-18)33-17-34(24)19-8-5-4-6-9-19/h11-12,14-17,19,23H,4-10,13H2,1-3H3,(H2,30,36)(H,31,32). The second-order valence-corrected chi connectivity index (χ2v) is 11.5. The fraction of sp³-hybridized carbons (Fsp3) is 0.483. The largest absolute Gasteiger partial charge is 0.366 e. The van der Waals surface area contributed by atoms with Gasteiger partial charge in [-0.15, -0.1) is 0 Å². The summed E-state index contributed by atoms with van der Waals surface area (Å²) in [7, 11) is 0. The molecule has 7 heteroatoms. The number of aromatic amines is 1. The predicted molar refractivity (Wildman–Crippen MR) is 144 cm³/mol. The van der Waals surface area contributed by atoms with Crippen LogP contribution in [-0.2, 0) is 0 Å². The van der Waals surface area contributed by atoms with Crippen LogP contribution in [0.3, 0.4) is 0 Å². The molecule has 4 aromatic rings. The van der Waals surface area contributed by atoms with Crippen molar-refractivity contribution in [1.29, 1.82) is 0 Å². The summed E-state index contributed by atoms with van der Waals surface area (Å²) in [5.41, 5.74) is 13.3. The topological polar surface area (TPSA) is 92.8 Å². The normalized spacial score (nSPS) is 20.0. The SMILES string of the molecule is CC(C)(C)N1CCCC1c1cc(-c2ccc3c(c2)ncn3C2CCCCC2)c2nc[nH]c2c1C(N)=O. The number of imidazole rings is 2. The van der Waals surface area contributed by atoms with Gasteiger partial charge in [-0.05, 0) is 82.3 Å². The van der Waals surface area contributed by atoms with Gasteiger partial charge in [-0.2, -0.15) is 0 Å². The molecule has 1 saturated carbocycles.